The van der Waals surface area contributed by atoms with Crippen molar-refractivity contribution < 1.29 is 19.0 Å². The van der Waals surface area contributed by atoms with Gasteiger partial charge in [-0.3, -0.25) is 4.79 Å². The van der Waals surface area contributed by atoms with Gasteiger partial charge in [-0.15, -0.1) is 10.2 Å². The lowest BCUT2D eigenvalue weighted by Gasteiger charge is -2.07. The van der Waals surface area contributed by atoms with Gasteiger partial charge in [0.15, 0.2) is 11.5 Å². The summed E-state index contributed by atoms with van der Waals surface area (Å²) in [6, 6.07) is 12.8. The van der Waals surface area contributed by atoms with Gasteiger partial charge in [0, 0.05) is 12.1 Å². The number of carbonyl (C=O) groups is 1. The van der Waals surface area contributed by atoms with Crippen LogP contribution >= 0.6 is 0 Å². The first-order valence-corrected chi connectivity index (χ1v) is 8.52. The molecule has 1 heterocycles. The monoisotopic (exact) mass is 383 g/mol. The van der Waals surface area contributed by atoms with Gasteiger partial charge in [-0.25, -0.2) is 0 Å². The fourth-order valence-corrected chi connectivity index (χ4v) is 2.57. The van der Waals surface area contributed by atoms with Crippen molar-refractivity contribution in [2.75, 3.05) is 21.3 Å². The van der Waals surface area contributed by atoms with Crippen LogP contribution in [0.15, 0.2) is 42.5 Å². The van der Waals surface area contributed by atoms with Gasteiger partial charge in [0.05, 0.1) is 21.3 Å². The van der Waals surface area contributed by atoms with Crippen molar-refractivity contribution in [1.82, 2.24) is 25.5 Å². The predicted molar refractivity (Wildman–Crippen MR) is 101 cm³/mol. The average Bonchev–Trinajstić information content (AvgIpc) is 3.20. The summed E-state index contributed by atoms with van der Waals surface area (Å²) in [6.07, 6.45) is 0. The molecule has 1 N–H and O–H groups in total. The van der Waals surface area contributed by atoms with Gasteiger partial charge in [-0.1, -0.05) is 12.1 Å². The normalized spacial score (nSPS) is 10.4. The van der Waals surface area contributed by atoms with Crippen molar-refractivity contribution >= 4 is 5.91 Å². The van der Waals surface area contributed by atoms with E-state index in [-0.39, 0.29) is 12.5 Å². The van der Waals surface area contributed by atoms with Gasteiger partial charge in [-0.05, 0) is 41.1 Å². The Bertz CT molecular complexity index is 957. The Morgan fingerprint density at radius 2 is 1.86 bits per heavy atom. The zero-order valence-electron chi connectivity index (χ0n) is 15.9. The number of nitrogens with zero attached hydrogens (tertiary/aromatic N) is 4. The van der Waals surface area contributed by atoms with E-state index in [4.69, 9.17) is 14.2 Å². The Morgan fingerprint density at radius 1 is 1.04 bits per heavy atom. The van der Waals surface area contributed by atoms with Crippen LogP contribution in [0.3, 0.4) is 0 Å². The zero-order valence-corrected chi connectivity index (χ0v) is 15.9. The van der Waals surface area contributed by atoms with Crippen LogP contribution < -0.4 is 19.5 Å². The molecule has 0 aliphatic rings. The molecule has 0 spiro atoms. The summed E-state index contributed by atoms with van der Waals surface area (Å²) >= 11 is 0. The predicted octanol–water partition coefficient (Wildman–Crippen LogP) is 1.68. The van der Waals surface area contributed by atoms with Gasteiger partial charge < -0.3 is 19.5 Å². The molecule has 0 saturated carbocycles. The molecule has 0 radical (unpaired) electrons. The molecule has 28 heavy (non-hydrogen) atoms. The number of nitrogens with one attached hydrogen (secondary N) is 1. The molecule has 0 aliphatic carbocycles. The molecule has 9 nitrogen and oxygen atoms in total. The van der Waals surface area contributed by atoms with E-state index in [1.807, 2.05) is 24.3 Å². The van der Waals surface area contributed by atoms with Crippen LogP contribution in [-0.2, 0) is 17.9 Å². The summed E-state index contributed by atoms with van der Waals surface area (Å²) in [5.74, 6) is 2.08. The number of amides is 1. The number of ether oxygens (including phenoxy) is 3. The molecule has 9 heteroatoms. The van der Waals surface area contributed by atoms with Gasteiger partial charge >= 0.3 is 0 Å². The second-order valence-electron chi connectivity index (χ2n) is 5.84. The van der Waals surface area contributed by atoms with Crippen molar-refractivity contribution in [3.05, 3.63) is 48.0 Å². The summed E-state index contributed by atoms with van der Waals surface area (Å²) in [6.45, 7) is 0.345. The maximum atomic E-state index is 12.2. The third kappa shape index (κ3) is 4.56. The van der Waals surface area contributed by atoms with E-state index in [9.17, 15) is 4.79 Å². The van der Waals surface area contributed by atoms with E-state index in [1.54, 1.807) is 39.5 Å². The Kier molecular flexibility index (Phi) is 6.05. The number of hydrogen-bond acceptors (Lipinski definition) is 7. The number of benzene rings is 2. The molecular formula is C19H21N5O4. The third-order valence-electron chi connectivity index (χ3n) is 4.00. The molecule has 146 valence electrons. The minimum absolute atomic E-state index is 0.0374. The summed E-state index contributed by atoms with van der Waals surface area (Å²) in [5, 5.41) is 15.0. The molecule has 0 fully saturated rings. The van der Waals surface area contributed by atoms with E-state index >= 15 is 0 Å². The van der Waals surface area contributed by atoms with Crippen LogP contribution in [-0.4, -0.2) is 47.4 Å². The van der Waals surface area contributed by atoms with Crippen molar-refractivity contribution in [3.8, 4) is 28.6 Å². The van der Waals surface area contributed by atoms with Crippen molar-refractivity contribution in [3.63, 3.8) is 0 Å². The SMILES string of the molecule is COc1cccc(CNC(=O)Cn2nnc(-c3ccc(OC)c(OC)c3)n2)c1. The maximum absolute atomic E-state index is 12.2. The number of rotatable bonds is 8. The highest BCUT2D eigenvalue weighted by atomic mass is 16.5. The first-order valence-electron chi connectivity index (χ1n) is 8.52. The first-order chi connectivity index (χ1) is 13.6. The van der Waals surface area contributed by atoms with E-state index < -0.39 is 0 Å². The van der Waals surface area contributed by atoms with Gasteiger partial charge in [-0.2, -0.15) is 4.80 Å². The highest BCUT2D eigenvalue weighted by Gasteiger charge is 2.12. The van der Waals surface area contributed by atoms with Crippen LogP contribution in [0, 0.1) is 0 Å². The maximum Gasteiger partial charge on any atom is 0.243 e. The molecule has 0 unspecified atom stereocenters. The van der Waals surface area contributed by atoms with Gasteiger partial charge in [0.1, 0.15) is 12.3 Å². The number of methoxy groups -OCH3 is 3. The fraction of sp³-hybridized carbons (Fsp3) is 0.263. The lowest BCUT2D eigenvalue weighted by Crippen LogP contribution is -2.28. The lowest BCUT2D eigenvalue weighted by atomic mass is 10.2. The summed E-state index contributed by atoms with van der Waals surface area (Å²) in [5.41, 5.74) is 1.64. The molecule has 1 amide bonds. The standard InChI is InChI=1S/C19H21N5O4/c1-26-15-6-4-5-13(9-15)11-20-18(25)12-24-22-19(21-23-24)14-7-8-16(27-2)17(10-14)28-3/h4-10H,11-12H2,1-3H3,(H,20,25). The quantitative estimate of drug-likeness (QED) is 0.632. The average molecular weight is 383 g/mol. The van der Waals surface area contributed by atoms with Crippen LogP contribution in [0.25, 0.3) is 11.4 Å². The smallest absolute Gasteiger partial charge is 0.243 e. The highest BCUT2D eigenvalue weighted by molar-refractivity contribution is 5.75. The lowest BCUT2D eigenvalue weighted by molar-refractivity contribution is -0.122. The second kappa shape index (κ2) is 8.85. The zero-order chi connectivity index (χ0) is 19.9. The molecule has 3 aromatic rings. The molecular weight excluding hydrogens is 362 g/mol. The molecule has 0 saturated heterocycles. The van der Waals surface area contributed by atoms with E-state index in [0.717, 1.165) is 11.3 Å². The Labute approximate surface area is 162 Å². The van der Waals surface area contributed by atoms with Crippen molar-refractivity contribution in [2.45, 2.75) is 13.1 Å². The van der Waals surface area contributed by atoms with Gasteiger partial charge in [0.25, 0.3) is 0 Å². The topological polar surface area (TPSA) is 100 Å². The van der Waals surface area contributed by atoms with Crippen LogP contribution in [0.1, 0.15) is 5.56 Å². The molecule has 2 aromatic carbocycles. The van der Waals surface area contributed by atoms with E-state index in [1.165, 1.54) is 4.80 Å². The first kappa shape index (κ1) is 19.2. The number of tetrazole rings is 1. The van der Waals surface area contributed by atoms with E-state index in [0.29, 0.717) is 29.4 Å². The van der Waals surface area contributed by atoms with Gasteiger partial charge in [0.2, 0.25) is 11.7 Å². The molecule has 3 rings (SSSR count). The Hall–Kier alpha value is -3.62. The summed E-state index contributed by atoms with van der Waals surface area (Å²) in [7, 11) is 4.72. The Balaban J connectivity index is 1.61. The van der Waals surface area contributed by atoms with E-state index in [2.05, 4.69) is 20.7 Å². The highest BCUT2D eigenvalue weighted by Crippen LogP contribution is 2.30. The van der Waals surface area contributed by atoms with Crippen LogP contribution in [0.5, 0.6) is 17.2 Å². The number of aromatic nitrogens is 4. The molecule has 1 aromatic heterocycles. The third-order valence-corrected chi connectivity index (χ3v) is 4.00. The van der Waals surface area contributed by atoms with Crippen LogP contribution in [0.4, 0.5) is 0 Å². The minimum atomic E-state index is -0.223. The summed E-state index contributed by atoms with van der Waals surface area (Å²) in [4.78, 5) is 13.4. The molecule has 0 atom stereocenters. The molecule has 0 bridgehead atoms. The van der Waals surface area contributed by atoms with Crippen molar-refractivity contribution in [2.24, 2.45) is 0 Å². The summed E-state index contributed by atoms with van der Waals surface area (Å²) < 4.78 is 15.7. The second-order valence-corrected chi connectivity index (χ2v) is 5.84. The number of carbonyl (C=O) groups excluding carboxylic acids is 1. The fourth-order valence-electron chi connectivity index (χ4n) is 2.57. The molecule has 0 aliphatic heterocycles. The minimum Gasteiger partial charge on any atom is -0.497 e. The Morgan fingerprint density at radius 3 is 2.61 bits per heavy atom. The van der Waals surface area contributed by atoms with Crippen LogP contribution in [0.2, 0.25) is 0 Å². The number of hydrogen-bond donors (Lipinski definition) is 1. The van der Waals surface area contributed by atoms with Crippen molar-refractivity contribution in [1.29, 1.82) is 0 Å². The largest absolute Gasteiger partial charge is 0.497 e.